The van der Waals surface area contributed by atoms with Gasteiger partial charge in [0.1, 0.15) is 18.9 Å². The maximum absolute atomic E-state index is 12.4. The van der Waals surface area contributed by atoms with E-state index in [1.165, 1.54) is 12.4 Å². The Morgan fingerprint density at radius 1 is 1.26 bits per heavy atom. The van der Waals surface area contributed by atoms with Crippen LogP contribution in [0, 0.1) is 0 Å². The minimum absolute atomic E-state index is 0.106. The Balaban J connectivity index is 2.83. The third-order valence-corrected chi connectivity index (χ3v) is 2.31. The number of aliphatic imine (C=N–C) groups is 1. The molecule has 19 heavy (non-hydrogen) atoms. The van der Waals surface area contributed by atoms with E-state index in [-0.39, 0.29) is 6.54 Å². The molecule has 0 aliphatic carbocycles. The molecule has 1 aromatic heterocycles. The summed E-state index contributed by atoms with van der Waals surface area (Å²) in [6.45, 7) is -0.939. The predicted octanol–water partition coefficient (Wildman–Crippen LogP) is 1.42. The number of halogens is 3. The first-order valence-electron chi connectivity index (χ1n) is 5.66. The first kappa shape index (κ1) is 15.3. The summed E-state index contributed by atoms with van der Waals surface area (Å²) in [6, 6.07) is 0. The molecule has 0 saturated heterocycles. The first-order valence-corrected chi connectivity index (χ1v) is 5.66. The van der Waals surface area contributed by atoms with E-state index in [4.69, 9.17) is 0 Å². The van der Waals surface area contributed by atoms with Gasteiger partial charge < -0.3 is 14.4 Å². The van der Waals surface area contributed by atoms with Gasteiger partial charge in [-0.2, -0.15) is 13.2 Å². The molecular weight excluding hydrogens is 259 g/mol. The quantitative estimate of drug-likeness (QED) is 0.619. The minimum Gasteiger partial charge on any atom is -0.349 e. The molecule has 1 aromatic rings. The van der Waals surface area contributed by atoms with E-state index in [0.29, 0.717) is 11.8 Å². The Hall–Kier alpha value is -1.73. The van der Waals surface area contributed by atoms with Crippen molar-refractivity contribution in [2.24, 2.45) is 4.99 Å². The van der Waals surface area contributed by atoms with Gasteiger partial charge in [-0.3, -0.25) is 0 Å². The zero-order valence-corrected chi connectivity index (χ0v) is 11.4. The molecule has 0 fully saturated rings. The van der Waals surface area contributed by atoms with E-state index in [1.54, 1.807) is 9.80 Å². The minimum atomic E-state index is -4.26. The van der Waals surface area contributed by atoms with Gasteiger partial charge in [0, 0.05) is 40.6 Å². The second-order valence-electron chi connectivity index (χ2n) is 4.49. The number of hydrogen-bond acceptors (Lipinski definition) is 2. The first-order chi connectivity index (χ1) is 8.70. The molecule has 0 spiro atoms. The Morgan fingerprint density at radius 2 is 1.84 bits per heavy atom. The van der Waals surface area contributed by atoms with Crippen LogP contribution in [0.15, 0.2) is 17.4 Å². The monoisotopic (exact) mass is 277 g/mol. The lowest BCUT2D eigenvalue weighted by molar-refractivity contribution is -0.141. The van der Waals surface area contributed by atoms with Crippen LogP contribution in [0.25, 0.3) is 0 Å². The summed E-state index contributed by atoms with van der Waals surface area (Å²) in [5, 5.41) is 0. The number of imidazole rings is 1. The number of guanidine groups is 1. The number of alkyl halides is 3. The van der Waals surface area contributed by atoms with Crippen molar-refractivity contribution in [2.75, 3.05) is 28.2 Å². The van der Waals surface area contributed by atoms with E-state index in [9.17, 15) is 13.2 Å². The molecule has 108 valence electrons. The van der Waals surface area contributed by atoms with Gasteiger partial charge in [-0.1, -0.05) is 0 Å². The zero-order valence-electron chi connectivity index (χ0n) is 11.4. The summed E-state index contributed by atoms with van der Waals surface area (Å²) >= 11 is 0. The number of aromatic nitrogens is 2. The second-order valence-corrected chi connectivity index (χ2v) is 4.49. The SMILES string of the molecule is CN(C)C(=NCc1nccn1CC(F)(F)F)N(C)C. The number of hydrogen-bond donors (Lipinski definition) is 0. The molecule has 1 rings (SSSR count). The van der Waals surface area contributed by atoms with Crippen LogP contribution in [-0.4, -0.2) is 59.7 Å². The topological polar surface area (TPSA) is 36.7 Å². The summed E-state index contributed by atoms with van der Waals surface area (Å²) in [6.07, 6.45) is -1.60. The van der Waals surface area contributed by atoms with Crippen molar-refractivity contribution in [3.63, 3.8) is 0 Å². The largest absolute Gasteiger partial charge is 0.406 e. The van der Waals surface area contributed by atoms with Crippen molar-refractivity contribution in [3.8, 4) is 0 Å². The van der Waals surface area contributed by atoms with Crippen LogP contribution >= 0.6 is 0 Å². The van der Waals surface area contributed by atoms with E-state index in [2.05, 4.69) is 9.98 Å². The highest BCUT2D eigenvalue weighted by molar-refractivity contribution is 5.79. The Kier molecular flexibility index (Phi) is 4.79. The summed E-state index contributed by atoms with van der Waals surface area (Å²) in [5.74, 6) is 0.958. The lowest BCUT2D eigenvalue weighted by atomic mass is 10.5. The normalized spacial score (nSPS) is 11.3. The van der Waals surface area contributed by atoms with E-state index < -0.39 is 12.7 Å². The Labute approximate surface area is 110 Å². The average Bonchev–Trinajstić information content (AvgIpc) is 2.62. The molecule has 0 N–H and O–H groups in total. The molecule has 5 nitrogen and oxygen atoms in total. The van der Waals surface area contributed by atoms with E-state index in [1.807, 2.05) is 28.2 Å². The predicted molar refractivity (Wildman–Crippen MR) is 66.8 cm³/mol. The molecule has 0 aliphatic heterocycles. The number of nitrogens with zero attached hydrogens (tertiary/aromatic N) is 5. The molecular formula is C11H18F3N5. The summed E-state index contributed by atoms with van der Waals surface area (Å²) in [7, 11) is 7.28. The molecule has 0 saturated carbocycles. The highest BCUT2D eigenvalue weighted by Crippen LogP contribution is 2.18. The third-order valence-electron chi connectivity index (χ3n) is 2.31. The van der Waals surface area contributed by atoms with Crippen LogP contribution in [0.4, 0.5) is 13.2 Å². The van der Waals surface area contributed by atoms with E-state index in [0.717, 1.165) is 4.57 Å². The van der Waals surface area contributed by atoms with Gasteiger partial charge in [0.15, 0.2) is 5.96 Å². The van der Waals surface area contributed by atoms with Gasteiger partial charge >= 0.3 is 6.18 Å². The van der Waals surface area contributed by atoms with Crippen molar-refractivity contribution in [1.82, 2.24) is 19.4 Å². The molecule has 0 amide bonds. The lowest BCUT2D eigenvalue weighted by Gasteiger charge is -2.22. The fraction of sp³-hybridized carbons (Fsp3) is 0.636. The Morgan fingerprint density at radius 3 is 2.32 bits per heavy atom. The van der Waals surface area contributed by atoms with Crippen LogP contribution < -0.4 is 0 Å². The van der Waals surface area contributed by atoms with Gasteiger partial charge in [-0.05, 0) is 0 Å². The zero-order chi connectivity index (χ0) is 14.6. The highest BCUT2D eigenvalue weighted by atomic mass is 19.4. The molecule has 0 aliphatic rings. The van der Waals surface area contributed by atoms with Crippen LogP contribution in [0.3, 0.4) is 0 Å². The van der Waals surface area contributed by atoms with Crippen molar-refractivity contribution >= 4 is 5.96 Å². The molecule has 0 unspecified atom stereocenters. The third kappa shape index (κ3) is 4.80. The van der Waals surface area contributed by atoms with Crippen molar-refractivity contribution in [2.45, 2.75) is 19.3 Å². The molecule has 1 heterocycles. The van der Waals surface area contributed by atoms with Gasteiger partial charge in [-0.15, -0.1) is 0 Å². The second kappa shape index (κ2) is 5.94. The average molecular weight is 277 g/mol. The fourth-order valence-corrected chi connectivity index (χ4v) is 1.65. The van der Waals surface area contributed by atoms with Crippen molar-refractivity contribution in [1.29, 1.82) is 0 Å². The van der Waals surface area contributed by atoms with Crippen molar-refractivity contribution in [3.05, 3.63) is 18.2 Å². The van der Waals surface area contributed by atoms with Gasteiger partial charge in [0.2, 0.25) is 0 Å². The highest BCUT2D eigenvalue weighted by Gasteiger charge is 2.28. The standard InChI is InChI=1S/C11H18F3N5/c1-17(2)10(18(3)4)16-7-9-15-5-6-19(9)8-11(12,13)14/h5-6H,7-8H2,1-4H3. The molecule has 0 bridgehead atoms. The molecule has 0 radical (unpaired) electrons. The maximum Gasteiger partial charge on any atom is 0.406 e. The summed E-state index contributed by atoms with van der Waals surface area (Å²) in [5.41, 5.74) is 0. The summed E-state index contributed by atoms with van der Waals surface area (Å²) in [4.78, 5) is 11.8. The summed E-state index contributed by atoms with van der Waals surface area (Å²) < 4.78 is 38.1. The van der Waals surface area contributed by atoms with Crippen molar-refractivity contribution < 1.29 is 13.2 Å². The van der Waals surface area contributed by atoms with Crippen LogP contribution in [-0.2, 0) is 13.1 Å². The van der Waals surface area contributed by atoms with Gasteiger partial charge in [-0.25, -0.2) is 9.98 Å². The van der Waals surface area contributed by atoms with Crippen LogP contribution in [0.1, 0.15) is 5.82 Å². The lowest BCUT2D eigenvalue weighted by Crippen LogP contribution is -2.35. The van der Waals surface area contributed by atoms with Crippen LogP contribution in [0.2, 0.25) is 0 Å². The van der Waals surface area contributed by atoms with Gasteiger partial charge in [0.05, 0.1) is 0 Å². The smallest absolute Gasteiger partial charge is 0.349 e. The van der Waals surface area contributed by atoms with Gasteiger partial charge in [0.25, 0.3) is 0 Å². The number of rotatable bonds is 3. The van der Waals surface area contributed by atoms with Crippen LogP contribution in [0.5, 0.6) is 0 Å². The molecule has 0 aromatic carbocycles. The fourth-order valence-electron chi connectivity index (χ4n) is 1.65. The Bertz CT molecular complexity index is 424. The molecule has 0 atom stereocenters. The van der Waals surface area contributed by atoms with E-state index >= 15 is 0 Å². The molecule has 8 heteroatoms. The maximum atomic E-state index is 12.4.